The minimum atomic E-state index is 0.358. The summed E-state index contributed by atoms with van der Waals surface area (Å²) in [5, 5.41) is 23.2. The van der Waals surface area contributed by atoms with Gasteiger partial charge in [0.1, 0.15) is 5.82 Å². The highest BCUT2D eigenvalue weighted by Gasteiger charge is 2.12. The lowest BCUT2D eigenvalue weighted by molar-refractivity contribution is 0.843. The van der Waals surface area contributed by atoms with Crippen LogP contribution in [-0.4, -0.2) is 37.9 Å². The summed E-state index contributed by atoms with van der Waals surface area (Å²) in [6, 6.07) is 11.6. The van der Waals surface area contributed by atoms with Crippen LogP contribution in [0.4, 0.5) is 11.6 Å². The minimum absolute atomic E-state index is 0.358. The number of rotatable bonds is 8. The van der Waals surface area contributed by atoms with Crippen molar-refractivity contribution in [3.8, 4) is 0 Å². The van der Waals surface area contributed by atoms with Gasteiger partial charge >= 0.3 is 0 Å². The molecule has 0 radical (unpaired) electrons. The Balaban J connectivity index is 1.62. The van der Waals surface area contributed by atoms with E-state index in [0.29, 0.717) is 29.7 Å². The van der Waals surface area contributed by atoms with E-state index in [1.54, 1.807) is 24.8 Å². The van der Waals surface area contributed by atoms with Crippen LogP contribution in [-0.2, 0) is 6.42 Å². The van der Waals surface area contributed by atoms with Gasteiger partial charge in [-0.2, -0.15) is 5.10 Å². The van der Waals surface area contributed by atoms with E-state index in [9.17, 15) is 0 Å². The molecular weight excluding hydrogens is 412 g/mol. The molecule has 8 heteroatoms. The van der Waals surface area contributed by atoms with Crippen LogP contribution in [0.3, 0.4) is 0 Å². The third-order valence-electron chi connectivity index (χ3n) is 5.16. The van der Waals surface area contributed by atoms with Crippen LogP contribution in [0.2, 0.25) is 0 Å². The second-order valence-corrected chi connectivity index (χ2v) is 7.98. The van der Waals surface area contributed by atoms with Crippen molar-refractivity contribution in [2.45, 2.75) is 26.2 Å². The van der Waals surface area contributed by atoms with Crippen molar-refractivity contribution in [1.29, 1.82) is 5.41 Å². The second kappa shape index (κ2) is 9.95. The molecule has 0 amide bonds. The molecule has 3 N–H and O–H groups in total. The van der Waals surface area contributed by atoms with Gasteiger partial charge in [-0.25, -0.2) is 4.98 Å². The van der Waals surface area contributed by atoms with Crippen LogP contribution >= 0.6 is 0 Å². The van der Waals surface area contributed by atoms with Gasteiger partial charge in [-0.3, -0.25) is 9.97 Å². The summed E-state index contributed by atoms with van der Waals surface area (Å²) in [6.45, 7) is 4.23. The minimum Gasteiger partial charge on any atom is -0.393 e. The number of anilines is 2. The molecule has 4 heterocycles. The van der Waals surface area contributed by atoms with Gasteiger partial charge in [0.2, 0.25) is 0 Å². The number of pyridine rings is 3. The summed E-state index contributed by atoms with van der Waals surface area (Å²) >= 11 is 0. The van der Waals surface area contributed by atoms with Crippen molar-refractivity contribution in [1.82, 2.24) is 30.5 Å². The highest BCUT2D eigenvalue weighted by atomic mass is 15.2. The maximum atomic E-state index is 8.67. The third kappa shape index (κ3) is 5.35. The van der Waals surface area contributed by atoms with E-state index in [4.69, 9.17) is 10.4 Å². The van der Waals surface area contributed by atoms with E-state index in [0.717, 1.165) is 33.3 Å². The fourth-order valence-corrected chi connectivity index (χ4v) is 3.40. The van der Waals surface area contributed by atoms with Crippen LogP contribution in [0.5, 0.6) is 0 Å². The van der Waals surface area contributed by atoms with Crippen molar-refractivity contribution in [3.05, 3.63) is 84.1 Å². The lowest BCUT2D eigenvalue weighted by Crippen LogP contribution is -2.09. The van der Waals surface area contributed by atoms with Gasteiger partial charge < -0.3 is 16.0 Å². The lowest BCUT2D eigenvalue weighted by atomic mass is 9.98. The molecule has 0 saturated carbocycles. The molecule has 166 valence electrons. The van der Waals surface area contributed by atoms with E-state index in [1.807, 2.05) is 49.6 Å². The smallest absolute Gasteiger partial charge is 0.154 e. The molecule has 0 aliphatic carbocycles. The molecule has 0 aromatic carbocycles. The fraction of sp³-hybridized carbons (Fsp3) is 0.200. The number of nitrogens with zero attached hydrogens (tertiary/aromatic N) is 5. The fourth-order valence-electron chi connectivity index (χ4n) is 3.40. The summed E-state index contributed by atoms with van der Waals surface area (Å²) in [5.74, 6) is 1.66. The lowest BCUT2D eigenvalue weighted by Gasteiger charge is -2.12. The molecule has 4 rings (SSSR count). The summed E-state index contributed by atoms with van der Waals surface area (Å²) in [5.41, 5.74) is 5.62. The summed E-state index contributed by atoms with van der Waals surface area (Å²) in [6.07, 6.45) is 9.34. The molecule has 4 aromatic heterocycles. The van der Waals surface area contributed by atoms with E-state index in [2.05, 4.69) is 44.6 Å². The zero-order chi connectivity index (χ0) is 23.2. The average molecular weight is 439 g/mol. The van der Waals surface area contributed by atoms with E-state index in [1.165, 1.54) is 0 Å². The molecule has 0 spiro atoms. The van der Waals surface area contributed by atoms with E-state index < -0.39 is 0 Å². The van der Waals surface area contributed by atoms with Crippen LogP contribution in [0.25, 0.3) is 16.6 Å². The first-order valence-electron chi connectivity index (χ1n) is 10.7. The molecule has 33 heavy (non-hydrogen) atoms. The maximum Gasteiger partial charge on any atom is 0.154 e. The number of hydrogen-bond donors (Lipinski definition) is 3. The van der Waals surface area contributed by atoms with Gasteiger partial charge in [0.05, 0.1) is 17.2 Å². The predicted molar refractivity (Wildman–Crippen MR) is 132 cm³/mol. The van der Waals surface area contributed by atoms with Crippen molar-refractivity contribution < 1.29 is 0 Å². The highest BCUT2D eigenvalue weighted by Crippen LogP contribution is 2.23. The standard InChI is InChI=1S/C25H26N8/c1-16(2)18-11-25(33-30-14-18)32-24-7-6-22-23(31-24)10-19(13-29-22)20(15-27-3)21(26)9-17-5-4-8-28-12-17/h4-8,10-16,26-27H,9H2,1-3H3,(H,31,32,33)/b20-15-,26-21?. The number of allylic oxidation sites excluding steroid dienone is 1. The maximum absolute atomic E-state index is 8.67. The normalized spacial score (nSPS) is 11.6. The van der Waals surface area contributed by atoms with Gasteiger partial charge in [0, 0.05) is 55.1 Å². The second-order valence-electron chi connectivity index (χ2n) is 7.98. The van der Waals surface area contributed by atoms with Gasteiger partial charge in [0.25, 0.3) is 0 Å². The summed E-state index contributed by atoms with van der Waals surface area (Å²) < 4.78 is 0. The van der Waals surface area contributed by atoms with Gasteiger partial charge in [-0.1, -0.05) is 19.9 Å². The highest BCUT2D eigenvalue weighted by molar-refractivity contribution is 6.23. The molecule has 0 atom stereocenters. The monoisotopic (exact) mass is 438 g/mol. The Morgan fingerprint density at radius 1 is 1.06 bits per heavy atom. The first kappa shape index (κ1) is 22.0. The zero-order valence-corrected chi connectivity index (χ0v) is 18.9. The van der Waals surface area contributed by atoms with E-state index >= 15 is 0 Å². The predicted octanol–water partition coefficient (Wildman–Crippen LogP) is 4.50. The van der Waals surface area contributed by atoms with Crippen LogP contribution in [0.15, 0.2) is 67.4 Å². The van der Waals surface area contributed by atoms with Crippen LogP contribution in [0, 0.1) is 5.41 Å². The largest absolute Gasteiger partial charge is 0.393 e. The van der Waals surface area contributed by atoms with Crippen molar-refractivity contribution in [2.24, 2.45) is 0 Å². The Morgan fingerprint density at radius 2 is 1.94 bits per heavy atom. The van der Waals surface area contributed by atoms with Crippen molar-refractivity contribution in [3.63, 3.8) is 0 Å². The van der Waals surface area contributed by atoms with Gasteiger partial charge in [-0.15, -0.1) is 5.10 Å². The van der Waals surface area contributed by atoms with E-state index in [-0.39, 0.29) is 0 Å². The Morgan fingerprint density at radius 3 is 2.70 bits per heavy atom. The van der Waals surface area contributed by atoms with Crippen molar-refractivity contribution >= 4 is 34.0 Å². The first-order chi connectivity index (χ1) is 16.0. The number of fused-ring (bicyclic) bond motifs is 1. The molecule has 0 saturated heterocycles. The molecule has 0 unspecified atom stereocenters. The molecule has 0 aliphatic heterocycles. The first-order valence-corrected chi connectivity index (χ1v) is 10.7. The SMILES string of the molecule is CN/C=C(\C(=N)Cc1cccnc1)c1cnc2ccc(Nc3cc(C(C)C)cnn3)nc2c1. The summed E-state index contributed by atoms with van der Waals surface area (Å²) in [4.78, 5) is 13.4. The van der Waals surface area contributed by atoms with Crippen LogP contribution < -0.4 is 10.6 Å². The Hall–Kier alpha value is -4.20. The van der Waals surface area contributed by atoms with Crippen molar-refractivity contribution in [2.75, 3.05) is 12.4 Å². The molecule has 0 bridgehead atoms. The molecular formula is C25H26N8. The zero-order valence-electron chi connectivity index (χ0n) is 18.9. The Bertz CT molecular complexity index is 1300. The van der Waals surface area contributed by atoms with Gasteiger partial charge in [0.15, 0.2) is 5.82 Å². The number of nitrogens with one attached hydrogen (secondary N) is 3. The Kier molecular flexibility index (Phi) is 6.64. The third-order valence-corrected chi connectivity index (χ3v) is 5.16. The Labute approximate surface area is 192 Å². The molecule has 8 nitrogen and oxygen atoms in total. The molecule has 4 aromatic rings. The van der Waals surface area contributed by atoms with Gasteiger partial charge in [-0.05, 0) is 47.4 Å². The topological polar surface area (TPSA) is 112 Å². The number of hydrogen-bond acceptors (Lipinski definition) is 8. The molecule has 0 fully saturated rings. The number of aromatic nitrogens is 5. The quantitative estimate of drug-likeness (QED) is 0.347. The average Bonchev–Trinajstić information content (AvgIpc) is 2.83. The molecule has 0 aliphatic rings. The van der Waals surface area contributed by atoms with Crippen LogP contribution in [0.1, 0.15) is 36.5 Å². The summed E-state index contributed by atoms with van der Waals surface area (Å²) in [7, 11) is 1.82.